The number of non-ortho nitro benzene ring substituents is 1. The molecule has 2 N–H and O–H groups in total. The molecule has 0 unspecified atom stereocenters. The zero-order valence-corrected chi connectivity index (χ0v) is 21.6. The van der Waals surface area contributed by atoms with E-state index >= 15 is 0 Å². The van der Waals surface area contributed by atoms with Crippen LogP contribution in [0.2, 0.25) is 0 Å². The van der Waals surface area contributed by atoms with Gasteiger partial charge < -0.3 is 10.1 Å². The minimum atomic E-state index is -4.33. The Balaban J connectivity index is 1.43. The van der Waals surface area contributed by atoms with Crippen molar-refractivity contribution in [2.45, 2.75) is 37.1 Å². The predicted molar refractivity (Wildman–Crippen MR) is 140 cm³/mol. The van der Waals surface area contributed by atoms with Crippen molar-refractivity contribution in [2.24, 2.45) is 5.92 Å². The smallest absolute Gasteiger partial charge is 0.407 e. The SMILES string of the molecule is CC(C)C[C@H](NC(=O)OCC1c2ccccc2-c2ccccc21)C(=O)NS(=O)(=O)c1ccc([N+](=O)[O-])cc1. The van der Waals surface area contributed by atoms with Gasteiger partial charge in [-0.15, -0.1) is 0 Å². The molecule has 1 aliphatic carbocycles. The van der Waals surface area contributed by atoms with Crippen molar-refractivity contribution >= 4 is 27.7 Å². The Labute approximate surface area is 220 Å². The van der Waals surface area contributed by atoms with E-state index in [2.05, 4.69) is 5.32 Å². The van der Waals surface area contributed by atoms with Gasteiger partial charge in [-0.1, -0.05) is 62.4 Å². The van der Waals surface area contributed by atoms with E-state index in [1.54, 1.807) is 0 Å². The average molecular weight is 538 g/mol. The third-order valence-corrected chi connectivity index (χ3v) is 7.61. The van der Waals surface area contributed by atoms with Crippen LogP contribution in [0.5, 0.6) is 0 Å². The van der Waals surface area contributed by atoms with Gasteiger partial charge in [0, 0.05) is 18.1 Å². The van der Waals surface area contributed by atoms with Gasteiger partial charge in [0.2, 0.25) is 0 Å². The molecule has 0 bridgehead atoms. The third kappa shape index (κ3) is 5.83. The van der Waals surface area contributed by atoms with Crippen molar-refractivity contribution in [1.82, 2.24) is 10.0 Å². The summed E-state index contributed by atoms with van der Waals surface area (Å²) in [5.41, 5.74) is 3.93. The number of nitrogens with zero attached hydrogens (tertiary/aromatic N) is 1. The van der Waals surface area contributed by atoms with E-state index in [1.807, 2.05) is 67.1 Å². The second-order valence-corrected chi connectivity index (χ2v) is 11.1. The molecule has 4 rings (SSSR count). The lowest BCUT2D eigenvalue weighted by atomic mass is 9.98. The van der Waals surface area contributed by atoms with E-state index in [1.165, 1.54) is 0 Å². The van der Waals surface area contributed by atoms with Gasteiger partial charge in [-0.3, -0.25) is 14.9 Å². The standard InChI is InChI=1S/C27H27N3O7S/c1-17(2)15-25(26(31)29-38(35,36)19-13-11-18(12-14-19)30(33)34)28-27(32)37-16-24-22-9-5-3-7-20(22)21-8-4-6-10-23(21)24/h3-14,17,24-25H,15-16H2,1-2H3,(H,28,32)(H,29,31)/t25-/m0/s1. The molecule has 0 saturated carbocycles. The molecule has 198 valence electrons. The van der Waals surface area contributed by atoms with Crippen LogP contribution in [-0.2, 0) is 19.6 Å². The molecule has 0 spiro atoms. The number of benzene rings is 3. The zero-order valence-electron chi connectivity index (χ0n) is 20.8. The number of nitro benzene ring substituents is 1. The molecule has 0 aliphatic heterocycles. The Morgan fingerprint density at radius 2 is 1.50 bits per heavy atom. The van der Waals surface area contributed by atoms with E-state index in [0.29, 0.717) is 0 Å². The first kappa shape index (κ1) is 26.8. The van der Waals surface area contributed by atoms with Crippen molar-refractivity contribution in [3.05, 3.63) is 94.0 Å². The van der Waals surface area contributed by atoms with Gasteiger partial charge in [0.25, 0.3) is 21.6 Å². The first-order chi connectivity index (χ1) is 18.1. The van der Waals surface area contributed by atoms with Crippen LogP contribution in [0.4, 0.5) is 10.5 Å². The van der Waals surface area contributed by atoms with Crippen molar-refractivity contribution in [3.63, 3.8) is 0 Å². The van der Waals surface area contributed by atoms with E-state index in [0.717, 1.165) is 46.5 Å². The summed E-state index contributed by atoms with van der Waals surface area (Å²) in [6.45, 7) is 3.69. The minimum absolute atomic E-state index is 0.0387. The first-order valence-electron chi connectivity index (χ1n) is 12.0. The average Bonchev–Trinajstić information content (AvgIpc) is 3.20. The van der Waals surface area contributed by atoms with Gasteiger partial charge in [-0.2, -0.15) is 0 Å². The van der Waals surface area contributed by atoms with Crippen molar-refractivity contribution in [2.75, 3.05) is 6.61 Å². The van der Waals surface area contributed by atoms with E-state index in [-0.39, 0.29) is 35.4 Å². The molecular weight excluding hydrogens is 510 g/mol. The summed E-state index contributed by atoms with van der Waals surface area (Å²) < 4.78 is 32.8. The first-order valence-corrected chi connectivity index (χ1v) is 13.5. The molecule has 0 heterocycles. The second-order valence-electron chi connectivity index (χ2n) is 9.37. The van der Waals surface area contributed by atoms with E-state index < -0.39 is 33.0 Å². The van der Waals surface area contributed by atoms with Crippen LogP contribution in [-0.4, -0.2) is 38.0 Å². The van der Waals surface area contributed by atoms with Gasteiger partial charge in [0.1, 0.15) is 12.6 Å². The molecule has 0 saturated heterocycles. The molecule has 0 radical (unpaired) electrons. The number of ether oxygens (including phenoxy) is 1. The maximum absolute atomic E-state index is 12.9. The number of alkyl carbamates (subject to hydrolysis) is 1. The van der Waals surface area contributed by atoms with Crippen LogP contribution >= 0.6 is 0 Å². The molecule has 38 heavy (non-hydrogen) atoms. The molecule has 1 atom stereocenters. The lowest BCUT2D eigenvalue weighted by Gasteiger charge is -2.21. The Hall–Kier alpha value is -4.25. The van der Waals surface area contributed by atoms with Crippen LogP contribution < -0.4 is 10.0 Å². The summed E-state index contributed by atoms with van der Waals surface area (Å²) in [6.07, 6.45) is -0.688. The predicted octanol–water partition coefficient (Wildman–Crippen LogP) is 4.35. The molecule has 1 aliphatic rings. The molecular formula is C27H27N3O7S. The molecule has 0 fully saturated rings. The quantitative estimate of drug-likeness (QED) is 0.305. The number of amides is 2. The monoisotopic (exact) mass is 537 g/mol. The number of rotatable bonds is 9. The summed E-state index contributed by atoms with van der Waals surface area (Å²) >= 11 is 0. The minimum Gasteiger partial charge on any atom is -0.449 e. The van der Waals surface area contributed by atoms with Crippen LogP contribution in [0.15, 0.2) is 77.7 Å². The van der Waals surface area contributed by atoms with Crippen molar-refractivity contribution < 1.29 is 27.7 Å². The van der Waals surface area contributed by atoms with Gasteiger partial charge in [-0.25, -0.2) is 17.9 Å². The zero-order chi connectivity index (χ0) is 27.4. The highest BCUT2D eigenvalue weighted by atomic mass is 32.2. The number of hydrogen-bond donors (Lipinski definition) is 2. The molecule has 2 amide bonds. The molecule has 11 heteroatoms. The Bertz CT molecular complexity index is 1420. The lowest BCUT2D eigenvalue weighted by Crippen LogP contribution is -2.49. The molecule has 0 aromatic heterocycles. The van der Waals surface area contributed by atoms with E-state index in [4.69, 9.17) is 4.74 Å². The summed E-state index contributed by atoms with van der Waals surface area (Å²) in [4.78, 5) is 35.5. The van der Waals surface area contributed by atoms with Gasteiger partial charge in [0.05, 0.1) is 9.82 Å². The van der Waals surface area contributed by atoms with Crippen LogP contribution in [0.25, 0.3) is 11.1 Å². The maximum Gasteiger partial charge on any atom is 0.407 e. The number of carbonyl (C=O) groups excluding carboxylic acids is 2. The topological polar surface area (TPSA) is 145 Å². The number of hydrogen-bond acceptors (Lipinski definition) is 7. The van der Waals surface area contributed by atoms with Crippen molar-refractivity contribution in [3.8, 4) is 11.1 Å². The molecule has 3 aromatic carbocycles. The number of sulfonamides is 1. The number of carbonyl (C=O) groups is 2. The highest BCUT2D eigenvalue weighted by Gasteiger charge is 2.31. The second kappa shape index (κ2) is 11.0. The fraction of sp³-hybridized carbons (Fsp3) is 0.259. The van der Waals surface area contributed by atoms with Crippen LogP contribution in [0.1, 0.15) is 37.3 Å². The van der Waals surface area contributed by atoms with Gasteiger partial charge in [0.15, 0.2) is 0 Å². The van der Waals surface area contributed by atoms with Crippen LogP contribution in [0.3, 0.4) is 0 Å². The lowest BCUT2D eigenvalue weighted by molar-refractivity contribution is -0.384. The fourth-order valence-electron chi connectivity index (χ4n) is 4.49. The molecule has 10 nitrogen and oxygen atoms in total. The third-order valence-electron chi connectivity index (χ3n) is 6.25. The van der Waals surface area contributed by atoms with Gasteiger partial charge >= 0.3 is 6.09 Å². The highest BCUT2D eigenvalue weighted by molar-refractivity contribution is 7.90. The van der Waals surface area contributed by atoms with Gasteiger partial charge in [-0.05, 0) is 46.7 Å². The normalized spacial score (nSPS) is 13.3. The van der Waals surface area contributed by atoms with E-state index in [9.17, 15) is 28.1 Å². The fourth-order valence-corrected chi connectivity index (χ4v) is 5.51. The number of nitrogens with one attached hydrogen (secondary N) is 2. The summed E-state index contributed by atoms with van der Waals surface area (Å²) in [5.74, 6) is -1.17. The molecule has 3 aromatic rings. The summed E-state index contributed by atoms with van der Waals surface area (Å²) in [6, 6.07) is 18.7. The highest BCUT2D eigenvalue weighted by Crippen LogP contribution is 2.44. The van der Waals surface area contributed by atoms with Crippen LogP contribution in [0, 0.1) is 16.0 Å². The summed E-state index contributed by atoms with van der Waals surface area (Å²) in [5, 5.41) is 13.3. The Morgan fingerprint density at radius 1 is 0.947 bits per heavy atom. The number of nitro groups is 1. The maximum atomic E-state index is 12.9. The van der Waals surface area contributed by atoms with Crippen molar-refractivity contribution in [1.29, 1.82) is 0 Å². The Kier molecular flexibility index (Phi) is 7.77. The number of fused-ring (bicyclic) bond motifs is 3. The summed E-state index contributed by atoms with van der Waals surface area (Å²) in [7, 11) is -4.33. The Morgan fingerprint density at radius 3 is 2.03 bits per heavy atom. The largest absolute Gasteiger partial charge is 0.449 e.